The lowest BCUT2D eigenvalue weighted by atomic mass is 9.75. The molecule has 0 bridgehead atoms. The number of carbonyl (C=O) groups excluding carboxylic acids is 1. The number of carboxylic acids is 1. The maximum Gasteiger partial charge on any atom is 0.354 e. The standard InChI is InChI=1S/C15H20N2O3/c1-15(2)7-5-11(6-8-15)17-13(18)10-3-4-12(14(19)20)16-9-10/h3-4,9,11H,5-8H2,1-2H3,(H,17,18)(H,19,20). The Morgan fingerprint density at radius 2 is 1.95 bits per heavy atom. The van der Waals surface area contributed by atoms with Crippen molar-refractivity contribution in [3.05, 3.63) is 29.6 Å². The van der Waals surface area contributed by atoms with Crippen molar-refractivity contribution in [1.82, 2.24) is 10.3 Å². The molecule has 5 nitrogen and oxygen atoms in total. The van der Waals surface area contributed by atoms with E-state index in [9.17, 15) is 9.59 Å². The van der Waals surface area contributed by atoms with Crippen LogP contribution in [0.25, 0.3) is 0 Å². The predicted molar refractivity (Wildman–Crippen MR) is 74.7 cm³/mol. The Labute approximate surface area is 118 Å². The minimum atomic E-state index is -1.09. The highest BCUT2D eigenvalue weighted by Crippen LogP contribution is 2.35. The van der Waals surface area contributed by atoms with E-state index in [1.54, 1.807) is 0 Å². The number of nitrogens with one attached hydrogen (secondary N) is 1. The van der Waals surface area contributed by atoms with Crippen LogP contribution in [0.1, 0.15) is 60.4 Å². The first-order valence-electron chi connectivity index (χ1n) is 6.88. The first-order valence-corrected chi connectivity index (χ1v) is 6.88. The second kappa shape index (κ2) is 5.61. The summed E-state index contributed by atoms with van der Waals surface area (Å²) in [6.45, 7) is 4.50. The van der Waals surface area contributed by atoms with Gasteiger partial charge in [-0.2, -0.15) is 0 Å². The third-order valence-electron chi connectivity index (χ3n) is 3.92. The Morgan fingerprint density at radius 1 is 1.30 bits per heavy atom. The number of aromatic nitrogens is 1. The van der Waals surface area contributed by atoms with Crippen molar-refractivity contribution in [2.24, 2.45) is 5.41 Å². The minimum absolute atomic E-state index is 0.0547. The molecule has 2 N–H and O–H groups in total. The van der Waals surface area contributed by atoms with Gasteiger partial charge in [0.15, 0.2) is 0 Å². The van der Waals surface area contributed by atoms with E-state index in [1.165, 1.54) is 18.3 Å². The number of amides is 1. The van der Waals surface area contributed by atoms with Crippen LogP contribution in [0.2, 0.25) is 0 Å². The number of hydrogen-bond acceptors (Lipinski definition) is 3. The molecular weight excluding hydrogens is 256 g/mol. The van der Waals surface area contributed by atoms with Crippen LogP contribution in [-0.2, 0) is 0 Å². The van der Waals surface area contributed by atoms with Gasteiger partial charge in [-0.1, -0.05) is 13.8 Å². The Balaban J connectivity index is 1.93. The highest BCUT2D eigenvalue weighted by Gasteiger charge is 2.27. The largest absolute Gasteiger partial charge is 0.477 e. The number of carboxylic acid groups (broad SMARTS) is 1. The average molecular weight is 276 g/mol. The summed E-state index contributed by atoms with van der Waals surface area (Å²) in [6, 6.07) is 3.05. The van der Waals surface area contributed by atoms with E-state index in [0.717, 1.165) is 25.7 Å². The van der Waals surface area contributed by atoms with Crippen LogP contribution in [0.15, 0.2) is 18.3 Å². The molecule has 1 aliphatic rings. The van der Waals surface area contributed by atoms with Crippen LogP contribution < -0.4 is 5.32 Å². The van der Waals surface area contributed by atoms with Crippen molar-refractivity contribution in [2.45, 2.75) is 45.6 Å². The predicted octanol–water partition coefficient (Wildman–Crippen LogP) is 2.48. The molecule has 0 spiro atoms. The topological polar surface area (TPSA) is 79.3 Å². The van der Waals surface area contributed by atoms with E-state index in [2.05, 4.69) is 24.1 Å². The normalized spacial score (nSPS) is 18.5. The highest BCUT2D eigenvalue weighted by molar-refractivity contribution is 5.95. The zero-order valence-electron chi connectivity index (χ0n) is 11.8. The van der Waals surface area contributed by atoms with Crippen molar-refractivity contribution in [3.8, 4) is 0 Å². The second-order valence-electron chi connectivity index (χ2n) is 6.15. The Morgan fingerprint density at radius 3 is 2.45 bits per heavy atom. The maximum atomic E-state index is 12.1. The Hall–Kier alpha value is -1.91. The molecule has 1 fully saturated rings. The molecule has 1 aromatic rings. The first kappa shape index (κ1) is 14.5. The molecule has 0 aromatic carbocycles. The van der Waals surface area contributed by atoms with Gasteiger partial charge in [-0.05, 0) is 43.2 Å². The van der Waals surface area contributed by atoms with Crippen molar-refractivity contribution >= 4 is 11.9 Å². The first-order chi connectivity index (χ1) is 9.37. The van der Waals surface area contributed by atoms with Gasteiger partial charge in [0, 0.05) is 12.2 Å². The fourth-order valence-electron chi connectivity index (χ4n) is 2.47. The monoisotopic (exact) mass is 276 g/mol. The molecule has 20 heavy (non-hydrogen) atoms. The van der Waals surface area contributed by atoms with Crippen molar-refractivity contribution < 1.29 is 14.7 Å². The van der Waals surface area contributed by atoms with Crippen molar-refractivity contribution in [3.63, 3.8) is 0 Å². The number of pyridine rings is 1. The van der Waals surface area contributed by atoms with E-state index < -0.39 is 5.97 Å². The van der Waals surface area contributed by atoms with Crippen LogP contribution in [0.5, 0.6) is 0 Å². The number of hydrogen-bond donors (Lipinski definition) is 2. The summed E-state index contributed by atoms with van der Waals surface area (Å²) in [4.78, 5) is 26.5. The summed E-state index contributed by atoms with van der Waals surface area (Å²) in [5.74, 6) is -1.27. The van der Waals surface area contributed by atoms with Gasteiger partial charge in [0.2, 0.25) is 0 Å². The average Bonchev–Trinajstić information content (AvgIpc) is 2.41. The van der Waals surface area contributed by atoms with Crippen LogP contribution >= 0.6 is 0 Å². The number of carbonyl (C=O) groups is 2. The Kier molecular flexibility index (Phi) is 4.06. The molecule has 1 heterocycles. The molecule has 1 aliphatic carbocycles. The molecule has 1 amide bonds. The van der Waals surface area contributed by atoms with Crippen molar-refractivity contribution in [1.29, 1.82) is 0 Å². The molecule has 108 valence electrons. The summed E-state index contributed by atoms with van der Waals surface area (Å²) in [5, 5.41) is 11.8. The van der Waals surface area contributed by atoms with Gasteiger partial charge in [0.1, 0.15) is 5.69 Å². The maximum absolute atomic E-state index is 12.1. The molecule has 0 aliphatic heterocycles. The van der Waals surface area contributed by atoms with E-state index in [0.29, 0.717) is 11.0 Å². The van der Waals surface area contributed by atoms with Gasteiger partial charge in [0.25, 0.3) is 5.91 Å². The molecule has 1 saturated carbocycles. The molecule has 0 radical (unpaired) electrons. The third kappa shape index (κ3) is 3.56. The smallest absolute Gasteiger partial charge is 0.354 e. The molecule has 2 rings (SSSR count). The number of nitrogens with zero attached hydrogens (tertiary/aromatic N) is 1. The summed E-state index contributed by atoms with van der Waals surface area (Å²) >= 11 is 0. The van der Waals surface area contributed by atoms with Crippen LogP contribution in [0.4, 0.5) is 0 Å². The minimum Gasteiger partial charge on any atom is -0.477 e. The SMILES string of the molecule is CC1(C)CCC(NC(=O)c2ccc(C(=O)O)nc2)CC1. The Bertz CT molecular complexity index is 498. The quantitative estimate of drug-likeness (QED) is 0.889. The van der Waals surface area contributed by atoms with Gasteiger partial charge in [-0.3, -0.25) is 4.79 Å². The zero-order chi connectivity index (χ0) is 14.8. The third-order valence-corrected chi connectivity index (χ3v) is 3.92. The summed E-state index contributed by atoms with van der Waals surface area (Å²) < 4.78 is 0. The molecular formula is C15H20N2O3. The summed E-state index contributed by atoms with van der Waals surface area (Å²) in [5.41, 5.74) is 0.715. The number of aromatic carboxylic acids is 1. The van der Waals surface area contributed by atoms with Gasteiger partial charge in [0.05, 0.1) is 5.56 Å². The lowest BCUT2D eigenvalue weighted by Crippen LogP contribution is -2.39. The van der Waals surface area contributed by atoms with Gasteiger partial charge >= 0.3 is 5.97 Å². The van der Waals surface area contributed by atoms with Crippen molar-refractivity contribution in [2.75, 3.05) is 0 Å². The lowest BCUT2D eigenvalue weighted by molar-refractivity contribution is 0.0689. The van der Waals surface area contributed by atoms with Crippen LogP contribution in [0, 0.1) is 5.41 Å². The van der Waals surface area contributed by atoms with E-state index in [1.807, 2.05) is 0 Å². The lowest BCUT2D eigenvalue weighted by Gasteiger charge is -2.34. The van der Waals surface area contributed by atoms with Gasteiger partial charge in [-0.25, -0.2) is 9.78 Å². The molecule has 1 aromatic heterocycles. The van der Waals surface area contributed by atoms with Gasteiger partial charge in [-0.15, -0.1) is 0 Å². The fraction of sp³-hybridized carbons (Fsp3) is 0.533. The van der Waals surface area contributed by atoms with Crippen LogP contribution in [-0.4, -0.2) is 28.0 Å². The van der Waals surface area contributed by atoms with E-state index in [-0.39, 0.29) is 17.6 Å². The zero-order valence-corrected chi connectivity index (χ0v) is 11.8. The molecule has 5 heteroatoms. The second-order valence-corrected chi connectivity index (χ2v) is 6.15. The molecule has 0 atom stereocenters. The summed E-state index contributed by atoms with van der Waals surface area (Å²) in [6.07, 6.45) is 5.49. The highest BCUT2D eigenvalue weighted by atomic mass is 16.4. The van der Waals surface area contributed by atoms with Crippen LogP contribution in [0.3, 0.4) is 0 Å². The number of rotatable bonds is 3. The van der Waals surface area contributed by atoms with Gasteiger partial charge < -0.3 is 10.4 Å². The summed E-state index contributed by atoms with van der Waals surface area (Å²) in [7, 11) is 0. The van der Waals surface area contributed by atoms with E-state index >= 15 is 0 Å². The molecule has 0 unspecified atom stereocenters. The molecule has 0 saturated heterocycles. The fourth-order valence-corrected chi connectivity index (χ4v) is 2.47. The van der Waals surface area contributed by atoms with E-state index in [4.69, 9.17) is 5.11 Å².